The number of hydrogen-bond donors (Lipinski definition) is 1. The summed E-state index contributed by atoms with van der Waals surface area (Å²) in [5.74, 6) is -0.805. The van der Waals surface area contributed by atoms with Gasteiger partial charge in [0.25, 0.3) is 10.0 Å². The Hall–Kier alpha value is -3.07. The second-order valence-electron chi connectivity index (χ2n) is 10.4. The number of amides is 2. The fourth-order valence-corrected chi connectivity index (χ4v) is 6.70. The quantitative estimate of drug-likeness (QED) is 0.287. The van der Waals surface area contributed by atoms with Gasteiger partial charge in [-0.1, -0.05) is 84.4 Å². The topological polar surface area (TPSA) is 86.8 Å². The lowest BCUT2D eigenvalue weighted by Gasteiger charge is -2.33. The molecule has 41 heavy (non-hydrogen) atoms. The van der Waals surface area contributed by atoms with E-state index in [2.05, 4.69) is 5.32 Å². The first kappa shape index (κ1) is 30.9. The van der Waals surface area contributed by atoms with Crippen molar-refractivity contribution < 1.29 is 18.0 Å². The second-order valence-corrected chi connectivity index (χ2v) is 13.1. The molecule has 1 unspecified atom stereocenters. The van der Waals surface area contributed by atoms with Gasteiger partial charge in [-0.05, 0) is 68.7 Å². The molecule has 0 spiro atoms. The third kappa shape index (κ3) is 7.82. The minimum Gasteiger partial charge on any atom is -0.352 e. The molecule has 218 valence electrons. The molecule has 4 rings (SSSR count). The number of halogens is 2. The van der Waals surface area contributed by atoms with Crippen molar-refractivity contribution in [2.75, 3.05) is 10.8 Å². The molecule has 1 aliphatic rings. The molecule has 2 amide bonds. The minimum absolute atomic E-state index is 0.0437. The van der Waals surface area contributed by atoms with Gasteiger partial charge in [0.15, 0.2) is 0 Å². The van der Waals surface area contributed by atoms with Crippen LogP contribution in [0.4, 0.5) is 5.69 Å². The lowest BCUT2D eigenvalue weighted by Crippen LogP contribution is -2.53. The first-order valence-electron chi connectivity index (χ1n) is 13.7. The fourth-order valence-electron chi connectivity index (χ4n) is 4.95. The molecule has 0 heterocycles. The first-order valence-corrected chi connectivity index (χ1v) is 15.9. The van der Waals surface area contributed by atoms with Crippen LogP contribution in [-0.2, 0) is 26.2 Å². The van der Waals surface area contributed by atoms with E-state index < -0.39 is 28.5 Å². The van der Waals surface area contributed by atoms with Gasteiger partial charge in [0.05, 0.1) is 20.6 Å². The summed E-state index contributed by atoms with van der Waals surface area (Å²) in [6.45, 7) is 3.11. The zero-order valence-electron chi connectivity index (χ0n) is 23.2. The summed E-state index contributed by atoms with van der Waals surface area (Å²) < 4.78 is 28.7. The monoisotopic (exact) mass is 615 g/mol. The molecule has 0 aliphatic heterocycles. The molecule has 0 saturated heterocycles. The maximum absolute atomic E-state index is 14.0. The lowest BCUT2D eigenvalue weighted by atomic mass is 9.95. The Morgan fingerprint density at radius 3 is 2.22 bits per heavy atom. The maximum atomic E-state index is 14.0. The summed E-state index contributed by atoms with van der Waals surface area (Å²) in [6, 6.07) is 19.1. The molecule has 10 heteroatoms. The highest BCUT2D eigenvalue weighted by molar-refractivity contribution is 7.92. The number of rotatable bonds is 10. The maximum Gasteiger partial charge on any atom is 0.264 e. The van der Waals surface area contributed by atoms with Crippen LogP contribution in [0.2, 0.25) is 10.0 Å². The Morgan fingerprint density at radius 2 is 1.59 bits per heavy atom. The fraction of sp³-hybridized carbons (Fsp3) is 0.355. The summed E-state index contributed by atoms with van der Waals surface area (Å²) in [5.41, 5.74) is 1.96. The van der Waals surface area contributed by atoms with Crippen LogP contribution in [0.3, 0.4) is 0 Å². The average molecular weight is 617 g/mol. The number of nitrogens with one attached hydrogen (secondary N) is 1. The number of carbonyl (C=O) groups is 2. The Kier molecular flexibility index (Phi) is 10.3. The van der Waals surface area contributed by atoms with Crippen LogP contribution in [0.1, 0.15) is 50.2 Å². The van der Waals surface area contributed by atoms with Crippen molar-refractivity contribution in [3.8, 4) is 0 Å². The number of hydrogen-bond acceptors (Lipinski definition) is 4. The highest BCUT2D eigenvalue weighted by atomic mass is 35.5. The van der Waals surface area contributed by atoms with Crippen molar-refractivity contribution in [2.24, 2.45) is 0 Å². The molecule has 0 radical (unpaired) electrons. The van der Waals surface area contributed by atoms with Gasteiger partial charge >= 0.3 is 0 Å². The largest absolute Gasteiger partial charge is 0.352 e. The van der Waals surface area contributed by atoms with Crippen molar-refractivity contribution >= 4 is 50.7 Å². The van der Waals surface area contributed by atoms with Gasteiger partial charge in [0.2, 0.25) is 11.8 Å². The number of sulfonamides is 1. The van der Waals surface area contributed by atoms with Gasteiger partial charge in [-0.25, -0.2) is 8.42 Å². The van der Waals surface area contributed by atoms with Crippen molar-refractivity contribution in [3.05, 3.63) is 94.0 Å². The van der Waals surface area contributed by atoms with Gasteiger partial charge < -0.3 is 10.2 Å². The van der Waals surface area contributed by atoms with Crippen molar-refractivity contribution in [1.29, 1.82) is 0 Å². The summed E-state index contributed by atoms with van der Waals surface area (Å²) in [5, 5.41) is 3.79. The third-order valence-corrected chi connectivity index (χ3v) is 9.91. The number of aryl methyl sites for hydroxylation is 1. The predicted molar refractivity (Wildman–Crippen MR) is 164 cm³/mol. The van der Waals surface area contributed by atoms with Gasteiger partial charge in [-0.15, -0.1) is 0 Å². The summed E-state index contributed by atoms with van der Waals surface area (Å²) >= 11 is 12.4. The first-order chi connectivity index (χ1) is 19.6. The lowest BCUT2D eigenvalue weighted by molar-refractivity contribution is -0.139. The van der Waals surface area contributed by atoms with Crippen LogP contribution in [0, 0.1) is 6.92 Å². The van der Waals surface area contributed by atoms with Crippen LogP contribution >= 0.6 is 23.2 Å². The van der Waals surface area contributed by atoms with Gasteiger partial charge in [0.1, 0.15) is 12.6 Å². The van der Waals surface area contributed by atoms with Crippen LogP contribution in [0.5, 0.6) is 0 Å². The molecule has 1 saturated carbocycles. The Balaban J connectivity index is 1.67. The SMILES string of the molecule is Cc1ccc(N(CC(=O)N(Cc2ccc(Cl)c(Cl)c2)C(C)C(=O)NC2CCCCC2)S(=O)(=O)c2ccccc2)cc1. The van der Waals surface area contributed by atoms with E-state index in [9.17, 15) is 18.0 Å². The number of carbonyl (C=O) groups excluding carboxylic acids is 2. The second kappa shape index (κ2) is 13.7. The van der Waals surface area contributed by atoms with Crippen molar-refractivity contribution in [2.45, 2.75) is 69.5 Å². The van der Waals surface area contributed by atoms with Crippen LogP contribution < -0.4 is 9.62 Å². The Morgan fingerprint density at radius 1 is 0.927 bits per heavy atom. The molecule has 1 atom stereocenters. The van der Waals surface area contributed by atoms with E-state index in [0.717, 1.165) is 42.0 Å². The van der Waals surface area contributed by atoms with E-state index in [-0.39, 0.29) is 23.4 Å². The van der Waals surface area contributed by atoms with Crippen LogP contribution in [0.15, 0.2) is 77.7 Å². The zero-order chi connectivity index (χ0) is 29.6. The molecule has 0 aromatic heterocycles. The van der Waals surface area contributed by atoms with E-state index in [0.29, 0.717) is 21.3 Å². The molecule has 1 N–H and O–H groups in total. The predicted octanol–water partition coefficient (Wildman–Crippen LogP) is 6.36. The highest BCUT2D eigenvalue weighted by Gasteiger charge is 2.33. The van der Waals surface area contributed by atoms with Crippen LogP contribution in [0.25, 0.3) is 0 Å². The normalized spacial score (nSPS) is 14.7. The molecular weight excluding hydrogens is 581 g/mol. The van der Waals surface area contributed by atoms with Gasteiger partial charge in [0, 0.05) is 12.6 Å². The van der Waals surface area contributed by atoms with Crippen molar-refractivity contribution in [3.63, 3.8) is 0 Å². The van der Waals surface area contributed by atoms with Crippen LogP contribution in [-0.4, -0.2) is 43.8 Å². The number of anilines is 1. The molecule has 0 bridgehead atoms. The molecule has 3 aromatic rings. The highest BCUT2D eigenvalue weighted by Crippen LogP contribution is 2.27. The Labute approximate surface area is 252 Å². The molecule has 1 aliphatic carbocycles. The van der Waals surface area contributed by atoms with Gasteiger partial charge in [-0.2, -0.15) is 0 Å². The number of benzene rings is 3. The average Bonchev–Trinajstić information content (AvgIpc) is 2.97. The number of nitrogens with zero attached hydrogens (tertiary/aromatic N) is 2. The molecule has 3 aromatic carbocycles. The van der Waals surface area contributed by atoms with E-state index in [1.54, 1.807) is 67.6 Å². The molecular formula is C31H35Cl2N3O4S. The van der Waals surface area contributed by atoms with Gasteiger partial charge in [-0.3, -0.25) is 13.9 Å². The molecule has 1 fully saturated rings. The molecule has 7 nitrogen and oxygen atoms in total. The third-order valence-electron chi connectivity index (χ3n) is 7.39. The summed E-state index contributed by atoms with van der Waals surface area (Å²) in [7, 11) is -4.10. The minimum atomic E-state index is -4.10. The smallest absolute Gasteiger partial charge is 0.264 e. The van der Waals surface area contributed by atoms with E-state index in [1.807, 2.05) is 6.92 Å². The van der Waals surface area contributed by atoms with Crippen molar-refractivity contribution in [1.82, 2.24) is 10.2 Å². The summed E-state index contributed by atoms with van der Waals surface area (Å²) in [4.78, 5) is 28.9. The standard InChI is InChI=1S/C31H35Cl2N3O4S/c1-22-13-16-26(17-14-22)36(41(39,40)27-11-7-4-8-12-27)21-30(37)35(20-24-15-18-28(32)29(33)19-24)23(2)31(38)34-25-9-5-3-6-10-25/h4,7-8,11-19,23,25H,3,5-6,9-10,20-21H2,1-2H3,(H,34,38). The Bertz CT molecular complexity index is 1460. The zero-order valence-corrected chi connectivity index (χ0v) is 25.6. The summed E-state index contributed by atoms with van der Waals surface area (Å²) in [6.07, 6.45) is 5.04. The van der Waals surface area contributed by atoms with E-state index in [4.69, 9.17) is 23.2 Å². The van der Waals surface area contributed by atoms with E-state index >= 15 is 0 Å². The van der Waals surface area contributed by atoms with E-state index in [1.165, 1.54) is 17.0 Å².